The molecule has 0 radical (unpaired) electrons. The molecule has 1 saturated heterocycles. The first-order chi connectivity index (χ1) is 7.70. The van der Waals surface area contributed by atoms with Crippen molar-refractivity contribution >= 4 is 34.9 Å². The molecule has 0 saturated carbocycles. The normalized spacial score (nSPS) is 16.2. The van der Waals surface area contributed by atoms with Crippen LogP contribution in [0.1, 0.15) is 5.56 Å². The molecule has 0 amide bonds. The van der Waals surface area contributed by atoms with E-state index in [0.29, 0.717) is 10.6 Å². The lowest BCUT2D eigenvalue weighted by Gasteiger charge is -2.30. The van der Waals surface area contributed by atoms with E-state index in [9.17, 15) is 0 Å². The van der Waals surface area contributed by atoms with Crippen LogP contribution < -0.4 is 10.6 Å². The fourth-order valence-corrected chi connectivity index (χ4v) is 3.02. The second-order valence-electron chi connectivity index (χ2n) is 3.65. The van der Waals surface area contributed by atoms with E-state index < -0.39 is 0 Å². The highest BCUT2D eigenvalue weighted by Crippen LogP contribution is 2.28. The van der Waals surface area contributed by atoms with E-state index in [0.717, 1.165) is 30.3 Å². The average Bonchev–Trinajstić information content (AvgIpc) is 2.29. The van der Waals surface area contributed by atoms with Crippen LogP contribution in [0.25, 0.3) is 0 Å². The Labute approximate surface area is 104 Å². The Hall–Kier alpha value is -0.870. The number of nitrogens with zero attached hydrogens (tertiary/aromatic N) is 1. The number of thioether (sulfide) groups is 1. The summed E-state index contributed by atoms with van der Waals surface area (Å²) in [5, 5.41) is 8.16. The first-order valence-corrected chi connectivity index (χ1v) is 6.69. The molecule has 1 aliphatic rings. The van der Waals surface area contributed by atoms with E-state index in [-0.39, 0.29) is 5.84 Å². The van der Waals surface area contributed by atoms with Gasteiger partial charge in [-0.05, 0) is 12.1 Å². The fourth-order valence-electron chi connectivity index (χ4n) is 1.85. The number of benzene rings is 1. The summed E-state index contributed by atoms with van der Waals surface area (Å²) >= 11 is 8.04. The van der Waals surface area contributed by atoms with Gasteiger partial charge in [0.15, 0.2) is 0 Å². The van der Waals surface area contributed by atoms with E-state index >= 15 is 0 Å². The molecule has 16 heavy (non-hydrogen) atoms. The molecule has 5 heteroatoms. The van der Waals surface area contributed by atoms with Gasteiger partial charge in [0.25, 0.3) is 0 Å². The van der Waals surface area contributed by atoms with Crippen LogP contribution >= 0.6 is 23.4 Å². The minimum absolute atomic E-state index is 0.0406. The highest BCUT2D eigenvalue weighted by atomic mass is 35.5. The molecule has 0 aliphatic carbocycles. The molecule has 1 heterocycles. The van der Waals surface area contributed by atoms with Crippen LogP contribution in [0.4, 0.5) is 5.69 Å². The van der Waals surface area contributed by atoms with Gasteiger partial charge in [0.05, 0.1) is 10.6 Å². The third-order valence-electron chi connectivity index (χ3n) is 2.61. The Morgan fingerprint density at radius 2 is 2.06 bits per heavy atom. The summed E-state index contributed by atoms with van der Waals surface area (Å²) in [4.78, 5) is 2.25. The van der Waals surface area contributed by atoms with Gasteiger partial charge in [0.1, 0.15) is 5.84 Å². The highest BCUT2D eigenvalue weighted by molar-refractivity contribution is 7.99. The number of nitrogen functional groups attached to an aromatic ring is 1. The second kappa shape index (κ2) is 4.97. The van der Waals surface area contributed by atoms with Crippen molar-refractivity contribution in [1.29, 1.82) is 5.41 Å². The number of hydrogen-bond donors (Lipinski definition) is 2. The second-order valence-corrected chi connectivity index (χ2v) is 5.28. The molecule has 0 unspecified atom stereocenters. The summed E-state index contributed by atoms with van der Waals surface area (Å²) in [6.07, 6.45) is 0. The van der Waals surface area contributed by atoms with Crippen LogP contribution in [0.3, 0.4) is 0 Å². The molecule has 1 fully saturated rings. The molecule has 86 valence electrons. The first kappa shape index (κ1) is 11.6. The lowest BCUT2D eigenvalue weighted by Crippen LogP contribution is -2.34. The van der Waals surface area contributed by atoms with E-state index in [1.807, 2.05) is 23.9 Å². The van der Waals surface area contributed by atoms with Crippen LogP contribution in [0, 0.1) is 5.41 Å². The molecule has 3 nitrogen and oxygen atoms in total. The van der Waals surface area contributed by atoms with E-state index in [4.69, 9.17) is 22.7 Å². The van der Waals surface area contributed by atoms with Crippen molar-refractivity contribution < 1.29 is 0 Å². The van der Waals surface area contributed by atoms with Crippen LogP contribution in [0.5, 0.6) is 0 Å². The van der Waals surface area contributed by atoms with Gasteiger partial charge in [0, 0.05) is 30.3 Å². The van der Waals surface area contributed by atoms with Gasteiger partial charge in [-0.2, -0.15) is 11.8 Å². The average molecular weight is 256 g/mol. The first-order valence-electron chi connectivity index (χ1n) is 5.16. The summed E-state index contributed by atoms with van der Waals surface area (Å²) in [5.74, 6) is 2.27. The van der Waals surface area contributed by atoms with Crippen molar-refractivity contribution in [2.45, 2.75) is 0 Å². The van der Waals surface area contributed by atoms with Gasteiger partial charge in [-0.3, -0.25) is 5.41 Å². The molecular weight excluding hydrogens is 242 g/mol. The molecule has 0 bridgehead atoms. The number of hydrogen-bond acceptors (Lipinski definition) is 3. The number of nitrogens with one attached hydrogen (secondary N) is 1. The lowest BCUT2D eigenvalue weighted by atomic mass is 10.1. The minimum atomic E-state index is 0.0406. The Balaban J connectivity index is 2.38. The third kappa shape index (κ3) is 2.28. The van der Waals surface area contributed by atoms with Gasteiger partial charge in [-0.25, -0.2) is 0 Å². The van der Waals surface area contributed by atoms with Gasteiger partial charge >= 0.3 is 0 Å². The van der Waals surface area contributed by atoms with Crippen LogP contribution in [-0.4, -0.2) is 30.4 Å². The topological polar surface area (TPSA) is 53.1 Å². The monoisotopic (exact) mass is 255 g/mol. The van der Waals surface area contributed by atoms with Crippen LogP contribution in [-0.2, 0) is 0 Å². The van der Waals surface area contributed by atoms with E-state index in [1.54, 1.807) is 6.07 Å². The Morgan fingerprint density at radius 1 is 1.38 bits per heavy atom. The van der Waals surface area contributed by atoms with E-state index in [1.165, 1.54) is 0 Å². The van der Waals surface area contributed by atoms with Crippen LogP contribution in [0.15, 0.2) is 18.2 Å². The molecule has 1 aromatic carbocycles. The van der Waals surface area contributed by atoms with Crippen molar-refractivity contribution in [1.82, 2.24) is 0 Å². The van der Waals surface area contributed by atoms with Crippen molar-refractivity contribution in [2.75, 3.05) is 29.5 Å². The maximum absolute atomic E-state index is 7.60. The molecule has 1 aliphatic heterocycles. The van der Waals surface area contributed by atoms with Gasteiger partial charge in [-0.15, -0.1) is 0 Å². The summed E-state index contributed by atoms with van der Waals surface area (Å²) in [7, 11) is 0. The highest BCUT2D eigenvalue weighted by Gasteiger charge is 2.17. The summed E-state index contributed by atoms with van der Waals surface area (Å²) in [6.45, 7) is 1.98. The number of halogens is 1. The predicted octanol–water partition coefficient (Wildman–Crippen LogP) is 2.18. The van der Waals surface area contributed by atoms with Crippen molar-refractivity contribution in [3.8, 4) is 0 Å². The molecule has 0 aromatic heterocycles. The summed E-state index contributed by atoms with van der Waals surface area (Å²) in [6, 6.07) is 5.67. The molecule has 1 aromatic rings. The predicted molar refractivity (Wildman–Crippen MR) is 72.0 cm³/mol. The number of amidine groups is 1. The van der Waals surface area contributed by atoms with Gasteiger partial charge in [0.2, 0.25) is 0 Å². The van der Waals surface area contributed by atoms with Crippen molar-refractivity contribution in [2.24, 2.45) is 5.73 Å². The summed E-state index contributed by atoms with van der Waals surface area (Å²) in [5.41, 5.74) is 7.24. The van der Waals surface area contributed by atoms with Gasteiger partial charge < -0.3 is 10.6 Å². The lowest BCUT2D eigenvalue weighted by molar-refractivity contribution is 0.857. The van der Waals surface area contributed by atoms with E-state index in [2.05, 4.69) is 4.90 Å². The zero-order valence-corrected chi connectivity index (χ0v) is 10.4. The standard InChI is InChI=1S/C11H14ClN3S/c12-8-2-1-3-9(10(8)11(13)14)15-4-6-16-7-5-15/h1-3H,4-7H2,(H3,13,14). The molecular formula is C11H14ClN3S. The van der Waals surface area contributed by atoms with Gasteiger partial charge in [-0.1, -0.05) is 17.7 Å². The zero-order valence-electron chi connectivity index (χ0n) is 8.87. The zero-order chi connectivity index (χ0) is 11.5. The maximum Gasteiger partial charge on any atom is 0.126 e. The Bertz CT molecular complexity index is 402. The minimum Gasteiger partial charge on any atom is -0.384 e. The molecule has 2 rings (SSSR count). The van der Waals surface area contributed by atoms with Crippen molar-refractivity contribution in [3.63, 3.8) is 0 Å². The SMILES string of the molecule is N=C(N)c1c(Cl)cccc1N1CCSCC1. The molecule has 0 spiro atoms. The maximum atomic E-state index is 7.60. The van der Waals surface area contributed by atoms with Crippen molar-refractivity contribution in [3.05, 3.63) is 28.8 Å². The number of nitrogens with two attached hydrogens (primary N) is 1. The Morgan fingerprint density at radius 3 is 2.69 bits per heavy atom. The quantitative estimate of drug-likeness (QED) is 0.629. The summed E-state index contributed by atoms with van der Waals surface area (Å²) < 4.78 is 0. The fraction of sp³-hybridized carbons (Fsp3) is 0.364. The molecule has 3 N–H and O–H groups in total. The smallest absolute Gasteiger partial charge is 0.126 e. The Kier molecular flexibility index (Phi) is 3.61. The molecule has 0 atom stereocenters. The largest absolute Gasteiger partial charge is 0.384 e. The third-order valence-corrected chi connectivity index (χ3v) is 3.87. The van der Waals surface area contributed by atoms with Crippen LogP contribution in [0.2, 0.25) is 5.02 Å². The number of rotatable bonds is 2. The number of anilines is 1.